The van der Waals surface area contributed by atoms with Gasteiger partial charge in [0.2, 0.25) is 0 Å². The zero-order valence-electron chi connectivity index (χ0n) is 15.7. The molecule has 0 atom stereocenters. The van der Waals surface area contributed by atoms with Crippen LogP contribution in [-0.2, 0) is 6.16 Å². The van der Waals surface area contributed by atoms with Gasteiger partial charge in [-0.1, -0.05) is 0 Å². The van der Waals surface area contributed by atoms with Gasteiger partial charge in [0.05, 0.1) is 0 Å². The Hall–Kier alpha value is -1.80. The Bertz CT molecular complexity index is 1020. The van der Waals surface area contributed by atoms with E-state index >= 15 is 0 Å². The Morgan fingerprint density at radius 1 is 0.621 bits per heavy atom. The summed E-state index contributed by atoms with van der Waals surface area (Å²) in [5.41, 5.74) is 1.07. The average Bonchev–Trinajstić information content (AvgIpc) is 2.78. The van der Waals surface area contributed by atoms with Crippen LogP contribution in [0, 0.1) is 5.82 Å². The van der Waals surface area contributed by atoms with Crippen LogP contribution in [0.2, 0.25) is 0 Å². The maximum absolute atomic E-state index is 13.8. The third-order valence-electron chi connectivity index (χ3n) is 5.37. The van der Waals surface area contributed by atoms with Crippen LogP contribution < -0.4 is 15.9 Å². The van der Waals surface area contributed by atoms with Gasteiger partial charge in [0.25, 0.3) is 0 Å². The van der Waals surface area contributed by atoms with Crippen molar-refractivity contribution in [3.63, 3.8) is 0 Å². The van der Waals surface area contributed by atoms with Gasteiger partial charge in [-0.3, -0.25) is 0 Å². The van der Waals surface area contributed by atoms with Crippen LogP contribution in [0.1, 0.15) is 5.56 Å². The van der Waals surface area contributed by atoms with Crippen molar-refractivity contribution in [3.05, 3.63) is 125 Å². The van der Waals surface area contributed by atoms with E-state index in [0.717, 1.165) is 16.2 Å². The van der Waals surface area contributed by atoms with Crippen molar-refractivity contribution in [3.8, 4) is 0 Å². The molecule has 0 amide bonds. The molecular formula is C25H20Br2FP. The second-order valence-corrected chi connectivity index (χ2v) is 16.9. The summed E-state index contributed by atoms with van der Waals surface area (Å²) >= 11 is 8.02. The summed E-state index contributed by atoms with van der Waals surface area (Å²) in [6.45, 7) is 0. The third-order valence-corrected chi connectivity index (χ3v) is 15.6. The van der Waals surface area contributed by atoms with E-state index in [4.69, 9.17) is 0 Å². The fraction of sp³-hybridized carbons (Fsp3) is 0.0400. The van der Waals surface area contributed by atoms with Crippen molar-refractivity contribution in [2.45, 2.75) is 6.16 Å². The Balaban J connectivity index is 2.09. The summed E-state index contributed by atoms with van der Waals surface area (Å²) in [6.07, 6.45) is 0.727. The maximum atomic E-state index is 13.8. The molecule has 0 aliphatic heterocycles. The monoisotopic (exact) mass is 528 g/mol. The Kier molecular flexibility index (Phi) is 5.75. The quantitative estimate of drug-likeness (QED) is 0.246. The molecule has 0 bridgehead atoms. The average molecular weight is 530 g/mol. The predicted octanol–water partition coefficient (Wildman–Crippen LogP) is 6.93. The van der Waals surface area contributed by atoms with Crippen LogP contribution in [0.4, 0.5) is 4.39 Å². The normalized spacial score (nSPS) is 12.9. The van der Waals surface area contributed by atoms with Crippen molar-refractivity contribution in [1.29, 1.82) is 0 Å². The first-order valence-electron chi connectivity index (χ1n) is 9.36. The van der Waals surface area contributed by atoms with E-state index in [0.29, 0.717) is 0 Å². The number of benzene rings is 4. The van der Waals surface area contributed by atoms with Gasteiger partial charge in [-0.25, -0.2) is 0 Å². The van der Waals surface area contributed by atoms with Crippen molar-refractivity contribution < 1.29 is 4.39 Å². The molecule has 0 aliphatic rings. The first kappa shape index (κ1) is 20.5. The Labute approximate surface area is 187 Å². The fourth-order valence-corrected chi connectivity index (χ4v) is 12.3. The molecule has 0 fully saturated rings. The van der Waals surface area contributed by atoms with E-state index in [-0.39, 0.29) is 5.82 Å². The van der Waals surface area contributed by atoms with E-state index in [1.807, 2.05) is 24.3 Å². The SMILES string of the molecule is Fc1ccc(CP(Br)(c2ccccc2)(c2ccccc2)c2ccccc2)c(Br)c1. The van der Waals surface area contributed by atoms with Crippen LogP contribution >= 0.6 is 36.7 Å². The molecule has 4 heteroatoms. The second kappa shape index (κ2) is 8.14. The van der Waals surface area contributed by atoms with E-state index in [9.17, 15) is 4.39 Å². The minimum absolute atomic E-state index is 0.241. The standard InChI is InChI=1S/C25H20Br2FP/c26-25-18-21(28)17-16-20(25)19-29(27,22-10-4-1-5-11-22,23-12-6-2-7-13-23)24-14-8-3-9-15-24/h1-18H,19H2. The molecule has 29 heavy (non-hydrogen) atoms. The van der Waals surface area contributed by atoms with Gasteiger partial charge in [0.1, 0.15) is 0 Å². The first-order valence-corrected chi connectivity index (χ1v) is 14.6. The molecule has 0 N–H and O–H groups in total. The van der Waals surface area contributed by atoms with Gasteiger partial charge >= 0.3 is 188 Å². The van der Waals surface area contributed by atoms with Crippen LogP contribution in [0.25, 0.3) is 0 Å². The molecule has 4 aromatic carbocycles. The topological polar surface area (TPSA) is 0 Å². The van der Waals surface area contributed by atoms with Gasteiger partial charge in [0, 0.05) is 0 Å². The van der Waals surface area contributed by atoms with E-state index in [2.05, 4.69) is 104 Å². The molecule has 0 saturated heterocycles. The summed E-state index contributed by atoms with van der Waals surface area (Å²) in [5, 5.41) is 0.658. The summed E-state index contributed by atoms with van der Waals surface area (Å²) in [4.78, 5) is 0. The number of rotatable bonds is 5. The van der Waals surface area contributed by atoms with Crippen molar-refractivity contribution >= 4 is 52.6 Å². The van der Waals surface area contributed by atoms with Crippen LogP contribution in [-0.4, -0.2) is 0 Å². The van der Waals surface area contributed by atoms with Gasteiger partial charge in [-0.2, -0.15) is 0 Å². The van der Waals surface area contributed by atoms with Gasteiger partial charge in [-0.15, -0.1) is 0 Å². The van der Waals surface area contributed by atoms with Crippen LogP contribution in [0.5, 0.6) is 0 Å². The molecule has 0 heterocycles. The molecule has 0 nitrogen and oxygen atoms in total. The molecule has 0 spiro atoms. The first-order chi connectivity index (χ1) is 14.0. The molecular weight excluding hydrogens is 510 g/mol. The molecule has 0 aliphatic carbocycles. The van der Waals surface area contributed by atoms with Gasteiger partial charge in [0.15, 0.2) is 0 Å². The molecule has 146 valence electrons. The predicted molar refractivity (Wildman–Crippen MR) is 132 cm³/mol. The summed E-state index contributed by atoms with van der Waals surface area (Å²) in [6, 6.07) is 36.8. The van der Waals surface area contributed by atoms with Crippen molar-refractivity contribution in [2.75, 3.05) is 0 Å². The summed E-state index contributed by atoms with van der Waals surface area (Å²) in [5.74, 6) is -0.241. The summed E-state index contributed by atoms with van der Waals surface area (Å²) in [7, 11) is 0. The molecule has 0 unspecified atom stereocenters. The van der Waals surface area contributed by atoms with Crippen molar-refractivity contribution in [1.82, 2.24) is 0 Å². The molecule has 0 radical (unpaired) electrons. The zero-order valence-corrected chi connectivity index (χ0v) is 19.7. The van der Waals surface area contributed by atoms with Crippen LogP contribution in [0.3, 0.4) is 0 Å². The second-order valence-electron chi connectivity index (χ2n) is 7.08. The van der Waals surface area contributed by atoms with Crippen LogP contribution in [0.15, 0.2) is 114 Å². The fourth-order valence-electron chi connectivity index (χ4n) is 3.91. The Morgan fingerprint density at radius 2 is 1.03 bits per heavy atom. The molecule has 0 saturated carbocycles. The van der Waals surface area contributed by atoms with Crippen molar-refractivity contribution in [2.24, 2.45) is 0 Å². The summed E-state index contributed by atoms with van der Waals surface area (Å²) < 4.78 is 14.6. The van der Waals surface area contributed by atoms with Gasteiger partial charge in [-0.05, 0) is 0 Å². The Morgan fingerprint density at radius 3 is 1.41 bits per heavy atom. The van der Waals surface area contributed by atoms with E-state index in [1.165, 1.54) is 22.0 Å². The minimum atomic E-state index is -3.07. The van der Waals surface area contributed by atoms with E-state index < -0.39 is 5.31 Å². The number of hydrogen-bond acceptors (Lipinski definition) is 0. The number of halogens is 3. The molecule has 0 aromatic heterocycles. The van der Waals surface area contributed by atoms with Gasteiger partial charge < -0.3 is 0 Å². The number of hydrogen-bond donors (Lipinski definition) is 0. The molecule has 4 rings (SSSR count). The third kappa shape index (κ3) is 3.61. The zero-order chi connectivity index (χ0) is 20.3. The molecule has 4 aromatic rings. The van der Waals surface area contributed by atoms with E-state index in [1.54, 1.807) is 6.07 Å².